The average molecular weight is 98.1 g/mol. The molecule has 3 atom stereocenters. The molecule has 0 aliphatic heterocycles. The van der Waals surface area contributed by atoms with Crippen LogP contribution in [0.25, 0.3) is 0 Å². The third-order valence-corrected chi connectivity index (χ3v) is 2.30. The number of aliphatic hydroxyl groups is 1. The largest absolute Gasteiger partial charge is 0.393 e. The van der Waals surface area contributed by atoms with Crippen molar-refractivity contribution >= 4 is 0 Å². The molecule has 0 heterocycles. The topological polar surface area (TPSA) is 20.2 Å². The highest BCUT2D eigenvalue weighted by Crippen LogP contribution is 2.51. The summed E-state index contributed by atoms with van der Waals surface area (Å²) >= 11 is 0. The Morgan fingerprint density at radius 3 is 2.29 bits per heavy atom. The van der Waals surface area contributed by atoms with Gasteiger partial charge in [-0.1, -0.05) is 0 Å². The summed E-state index contributed by atoms with van der Waals surface area (Å²) in [4.78, 5) is 0. The first-order valence-corrected chi connectivity index (χ1v) is 3.06. The lowest BCUT2D eigenvalue weighted by molar-refractivity contribution is 0.159. The molecule has 1 nitrogen and oxygen atoms in total. The minimum absolute atomic E-state index is 0.0880. The summed E-state index contributed by atoms with van der Waals surface area (Å²) in [6.45, 7) is 0. The lowest BCUT2D eigenvalue weighted by Crippen LogP contribution is -2.02. The number of hydrogen-bond donors (Lipinski definition) is 1. The second kappa shape index (κ2) is 1.03. The Balaban J connectivity index is 2.08. The molecule has 40 valence electrons. The first-order valence-electron chi connectivity index (χ1n) is 3.06. The number of aliphatic hydroxyl groups excluding tert-OH is 1. The van der Waals surface area contributed by atoms with Crippen LogP contribution in [0.15, 0.2) is 0 Å². The highest BCUT2D eigenvalue weighted by molar-refractivity contribution is 4.97. The van der Waals surface area contributed by atoms with Gasteiger partial charge in [0.1, 0.15) is 0 Å². The van der Waals surface area contributed by atoms with Crippen molar-refractivity contribution in [2.75, 3.05) is 0 Å². The summed E-state index contributed by atoms with van der Waals surface area (Å²) in [6.07, 6.45) is 3.78. The molecule has 0 spiro atoms. The van der Waals surface area contributed by atoms with Crippen LogP contribution in [0.2, 0.25) is 0 Å². The SMILES string of the molecule is OC1CC[C@@H]2C[C@@H]12. The quantitative estimate of drug-likeness (QED) is 0.474. The van der Waals surface area contributed by atoms with Crippen LogP contribution in [-0.4, -0.2) is 11.2 Å². The first kappa shape index (κ1) is 3.90. The van der Waals surface area contributed by atoms with E-state index >= 15 is 0 Å². The third-order valence-electron chi connectivity index (χ3n) is 2.30. The van der Waals surface area contributed by atoms with E-state index in [-0.39, 0.29) is 6.10 Å². The molecule has 2 fully saturated rings. The molecule has 7 heavy (non-hydrogen) atoms. The summed E-state index contributed by atoms with van der Waals surface area (Å²) in [7, 11) is 0. The Kier molecular flexibility index (Phi) is 0.571. The summed E-state index contributed by atoms with van der Waals surface area (Å²) in [5, 5.41) is 9.04. The van der Waals surface area contributed by atoms with Crippen LogP contribution in [0.1, 0.15) is 19.3 Å². The Hall–Kier alpha value is -0.0400. The van der Waals surface area contributed by atoms with Gasteiger partial charge in [-0.25, -0.2) is 0 Å². The van der Waals surface area contributed by atoms with Gasteiger partial charge in [-0.2, -0.15) is 0 Å². The van der Waals surface area contributed by atoms with Gasteiger partial charge in [0.15, 0.2) is 0 Å². The molecule has 0 saturated heterocycles. The van der Waals surface area contributed by atoms with Crippen molar-refractivity contribution in [1.82, 2.24) is 0 Å². The monoisotopic (exact) mass is 98.1 g/mol. The van der Waals surface area contributed by atoms with E-state index < -0.39 is 0 Å². The van der Waals surface area contributed by atoms with Gasteiger partial charge < -0.3 is 5.11 Å². The second-order valence-corrected chi connectivity index (χ2v) is 2.80. The van der Waals surface area contributed by atoms with E-state index in [1.54, 1.807) is 0 Å². The zero-order valence-corrected chi connectivity index (χ0v) is 4.30. The molecule has 2 aliphatic carbocycles. The van der Waals surface area contributed by atoms with Gasteiger partial charge in [-0.3, -0.25) is 0 Å². The lowest BCUT2D eigenvalue weighted by atomic mass is 10.2. The molecule has 0 aromatic rings. The van der Waals surface area contributed by atoms with E-state index in [0.29, 0.717) is 0 Å². The van der Waals surface area contributed by atoms with Crippen molar-refractivity contribution in [2.24, 2.45) is 11.8 Å². The summed E-state index contributed by atoms with van der Waals surface area (Å²) in [5.41, 5.74) is 0. The van der Waals surface area contributed by atoms with Crippen LogP contribution in [-0.2, 0) is 0 Å². The fourth-order valence-electron chi connectivity index (χ4n) is 1.67. The Morgan fingerprint density at radius 2 is 2.14 bits per heavy atom. The lowest BCUT2D eigenvalue weighted by Gasteiger charge is -1.97. The van der Waals surface area contributed by atoms with Crippen LogP contribution in [0, 0.1) is 11.8 Å². The van der Waals surface area contributed by atoms with Gasteiger partial charge in [-0.05, 0) is 31.1 Å². The van der Waals surface area contributed by atoms with Gasteiger partial charge in [0.25, 0.3) is 0 Å². The average Bonchev–Trinajstić information content (AvgIpc) is 2.33. The molecule has 2 saturated carbocycles. The third kappa shape index (κ3) is 0.418. The van der Waals surface area contributed by atoms with E-state index in [1.165, 1.54) is 12.8 Å². The first-order chi connectivity index (χ1) is 3.38. The van der Waals surface area contributed by atoms with Crippen LogP contribution < -0.4 is 0 Å². The number of rotatable bonds is 0. The number of hydrogen-bond acceptors (Lipinski definition) is 1. The van der Waals surface area contributed by atoms with Gasteiger partial charge in [0.2, 0.25) is 0 Å². The maximum atomic E-state index is 9.04. The molecule has 2 rings (SSSR count). The van der Waals surface area contributed by atoms with Gasteiger partial charge in [0.05, 0.1) is 6.10 Å². The van der Waals surface area contributed by atoms with E-state index in [2.05, 4.69) is 0 Å². The standard InChI is InChI=1S/C6H10O/c7-6-2-1-4-3-5(4)6/h4-7H,1-3H2/t4-,5-,6?/m1/s1. The van der Waals surface area contributed by atoms with Crippen molar-refractivity contribution in [3.63, 3.8) is 0 Å². The molecule has 2 aliphatic rings. The fourth-order valence-corrected chi connectivity index (χ4v) is 1.67. The number of fused-ring (bicyclic) bond motifs is 1. The van der Waals surface area contributed by atoms with Crippen molar-refractivity contribution in [3.05, 3.63) is 0 Å². The van der Waals surface area contributed by atoms with Crippen molar-refractivity contribution in [2.45, 2.75) is 25.4 Å². The predicted octanol–water partition coefficient (Wildman–Crippen LogP) is 0.777. The maximum absolute atomic E-state index is 9.04. The predicted molar refractivity (Wildman–Crippen MR) is 26.8 cm³/mol. The van der Waals surface area contributed by atoms with E-state index in [1.807, 2.05) is 0 Å². The Bertz CT molecular complexity index is 90.2. The molecule has 0 amide bonds. The van der Waals surface area contributed by atoms with Crippen molar-refractivity contribution in [3.8, 4) is 0 Å². The van der Waals surface area contributed by atoms with E-state index in [9.17, 15) is 0 Å². The van der Waals surface area contributed by atoms with Crippen LogP contribution >= 0.6 is 0 Å². The molecule has 0 aromatic carbocycles. The zero-order chi connectivity index (χ0) is 4.85. The highest BCUT2D eigenvalue weighted by atomic mass is 16.3. The minimum Gasteiger partial charge on any atom is -0.393 e. The molecule has 0 bridgehead atoms. The summed E-state index contributed by atoms with van der Waals surface area (Å²) in [6, 6.07) is 0. The minimum atomic E-state index is 0.0880. The molecular weight excluding hydrogens is 88.1 g/mol. The molecule has 1 heteroatoms. The molecule has 1 unspecified atom stereocenters. The molecule has 1 N–H and O–H groups in total. The smallest absolute Gasteiger partial charge is 0.0571 e. The van der Waals surface area contributed by atoms with Crippen molar-refractivity contribution in [1.29, 1.82) is 0 Å². The van der Waals surface area contributed by atoms with Crippen LogP contribution in [0.4, 0.5) is 0 Å². The van der Waals surface area contributed by atoms with Crippen LogP contribution in [0.3, 0.4) is 0 Å². The Morgan fingerprint density at radius 1 is 1.29 bits per heavy atom. The summed E-state index contributed by atoms with van der Waals surface area (Å²) in [5.74, 6) is 1.68. The van der Waals surface area contributed by atoms with Gasteiger partial charge >= 0.3 is 0 Å². The van der Waals surface area contributed by atoms with Gasteiger partial charge in [0, 0.05) is 0 Å². The van der Waals surface area contributed by atoms with E-state index in [0.717, 1.165) is 18.3 Å². The fraction of sp³-hybridized carbons (Fsp3) is 1.00. The second-order valence-electron chi connectivity index (χ2n) is 2.80. The van der Waals surface area contributed by atoms with Crippen molar-refractivity contribution < 1.29 is 5.11 Å². The Labute approximate surface area is 43.3 Å². The van der Waals surface area contributed by atoms with Crippen LogP contribution in [0.5, 0.6) is 0 Å². The highest BCUT2D eigenvalue weighted by Gasteiger charge is 2.47. The molecular formula is C6H10O. The summed E-state index contributed by atoms with van der Waals surface area (Å²) < 4.78 is 0. The zero-order valence-electron chi connectivity index (χ0n) is 4.30. The molecule has 0 aromatic heterocycles. The maximum Gasteiger partial charge on any atom is 0.0571 e. The molecule has 0 radical (unpaired) electrons. The van der Waals surface area contributed by atoms with Gasteiger partial charge in [-0.15, -0.1) is 0 Å². The van der Waals surface area contributed by atoms with E-state index in [4.69, 9.17) is 5.11 Å². The normalized spacial score (nSPS) is 57.0.